The van der Waals surface area contributed by atoms with Crippen LogP contribution in [0.1, 0.15) is 12.8 Å². The average Bonchev–Trinajstić information content (AvgIpc) is 3.49. The molecule has 0 saturated carbocycles. The molecule has 0 radical (unpaired) electrons. The van der Waals surface area contributed by atoms with E-state index in [1.165, 1.54) is 5.69 Å². The standard InChI is InChI=1S/C24H30N6O2S/c1-31-21-6-4-19(5-7-21)23-26-30(24(33)29(23)17-22-3-2-16-32-22)18-27-12-14-28(15-13-27)20-8-10-25-11-9-20/h4-11,22H,2-3,12-18H2,1H3/t22-/m0/s1. The van der Waals surface area contributed by atoms with Gasteiger partial charge in [0.05, 0.1) is 26.4 Å². The summed E-state index contributed by atoms with van der Waals surface area (Å²) in [5.41, 5.74) is 2.25. The molecule has 33 heavy (non-hydrogen) atoms. The molecule has 0 bridgehead atoms. The van der Waals surface area contributed by atoms with Gasteiger partial charge in [0.1, 0.15) is 5.75 Å². The zero-order chi connectivity index (χ0) is 22.6. The van der Waals surface area contributed by atoms with E-state index in [-0.39, 0.29) is 6.10 Å². The lowest BCUT2D eigenvalue weighted by molar-refractivity contribution is 0.0966. The highest BCUT2D eigenvalue weighted by Gasteiger charge is 2.23. The first-order valence-corrected chi connectivity index (χ1v) is 11.9. The fraction of sp³-hybridized carbons (Fsp3) is 0.458. The number of pyridine rings is 1. The zero-order valence-electron chi connectivity index (χ0n) is 19.0. The van der Waals surface area contributed by atoms with E-state index >= 15 is 0 Å². The second-order valence-electron chi connectivity index (χ2n) is 8.53. The van der Waals surface area contributed by atoms with E-state index in [0.29, 0.717) is 6.67 Å². The van der Waals surface area contributed by atoms with Crippen LogP contribution in [0.4, 0.5) is 5.69 Å². The predicted octanol–water partition coefficient (Wildman–Crippen LogP) is 3.44. The highest BCUT2D eigenvalue weighted by molar-refractivity contribution is 7.71. The number of hydrogen-bond acceptors (Lipinski definition) is 7. The van der Waals surface area contributed by atoms with Crippen molar-refractivity contribution in [3.05, 3.63) is 53.6 Å². The van der Waals surface area contributed by atoms with Gasteiger partial charge in [-0.1, -0.05) is 0 Å². The Bertz CT molecular complexity index is 1100. The van der Waals surface area contributed by atoms with Crippen molar-refractivity contribution in [3.8, 4) is 17.1 Å². The highest BCUT2D eigenvalue weighted by atomic mass is 32.1. The van der Waals surface area contributed by atoms with Gasteiger partial charge in [0, 0.05) is 56.4 Å². The average molecular weight is 467 g/mol. The summed E-state index contributed by atoms with van der Waals surface area (Å²) >= 11 is 5.90. The molecule has 0 amide bonds. The third-order valence-electron chi connectivity index (χ3n) is 6.42. The number of piperazine rings is 1. The number of anilines is 1. The normalized spacial score (nSPS) is 19.2. The van der Waals surface area contributed by atoms with Crippen LogP contribution in [-0.2, 0) is 18.0 Å². The van der Waals surface area contributed by atoms with Crippen molar-refractivity contribution >= 4 is 17.9 Å². The van der Waals surface area contributed by atoms with E-state index in [0.717, 1.165) is 74.1 Å². The summed E-state index contributed by atoms with van der Waals surface area (Å²) in [7, 11) is 1.68. The Hall–Kier alpha value is -2.75. The first kappa shape index (κ1) is 22.1. The van der Waals surface area contributed by atoms with Crippen LogP contribution < -0.4 is 9.64 Å². The Labute approximate surface area is 199 Å². The highest BCUT2D eigenvalue weighted by Crippen LogP contribution is 2.24. The van der Waals surface area contributed by atoms with E-state index in [9.17, 15) is 0 Å². The van der Waals surface area contributed by atoms with Gasteiger partial charge >= 0.3 is 0 Å². The molecule has 1 aromatic carbocycles. The minimum absolute atomic E-state index is 0.190. The molecule has 0 N–H and O–H groups in total. The smallest absolute Gasteiger partial charge is 0.199 e. The lowest BCUT2D eigenvalue weighted by atomic mass is 10.2. The molecule has 1 atom stereocenters. The van der Waals surface area contributed by atoms with Crippen molar-refractivity contribution in [3.63, 3.8) is 0 Å². The van der Waals surface area contributed by atoms with Crippen molar-refractivity contribution in [1.29, 1.82) is 0 Å². The topological polar surface area (TPSA) is 60.6 Å². The molecule has 2 aromatic heterocycles. The van der Waals surface area contributed by atoms with Crippen molar-refractivity contribution in [2.24, 2.45) is 0 Å². The molecule has 4 heterocycles. The van der Waals surface area contributed by atoms with Gasteiger partial charge in [0.2, 0.25) is 0 Å². The van der Waals surface area contributed by atoms with E-state index in [2.05, 4.69) is 31.5 Å². The number of ether oxygens (including phenoxy) is 2. The van der Waals surface area contributed by atoms with Crippen LogP contribution in [0, 0.1) is 4.77 Å². The summed E-state index contributed by atoms with van der Waals surface area (Å²) in [6.45, 7) is 6.10. The second kappa shape index (κ2) is 10.0. The van der Waals surface area contributed by atoms with Crippen molar-refractivity contribution in [1.82, 2.24) is 24.2 Å². The quantitative estimate of drug-likeness (QED) is 0.494. The van der Waals surface area contributed by atoms with Gasteiger partial charge in [0.15, 0.2) is 10.6 Å². The Morgan fingerprint density at radius 3 is 2.48 bits per heavy atom. The van der Waals surface area contributed by atoms with Gasteiger partial charge in [-0.2, -0.15) is 5.10 Å². The molecule has 2 saturated heterocycles. The molecule has 0 aliphatic carbocycles. The van der Waals surface area contributed by atoms with Crippen LogP contribution in [0.5, 0.6) is 5.75 Å². The van der Waals surface area contributed by atoms with Crippen molar-refractivity contribution in [2.75, 3.05) is 44.8 Å². The zero-order valence-corrected chi connectivity index (χ0v) is 19.8. The molecule has 2 aliphatic rings. The summed E-state index contributed by atoms with van der Waals surface area (Å²) in [4.78, 5) is 8.93. The minimum Gasteiger partial charge on any atom is -0.497 e. The summed E-state index contributed by atoms with van der Waals surface area (Å²) in [6.07, 6.45) is 6.05. The molecular weight excluding hydrogens is 436 g/mol. The molecule has 2 aliphatic heterocycles. The fourth-order valence-corrected chi connectivity index (χ4v) is 4.79. The maximum atomic E-state index is 5.91. The second-order valence-corrected chi connectivity index (χ2v) is 8.90. The van der Waals surface area contributed by atoms with E-state index in [4.69, 9.17) is 26.8 Å². The molecule has 8 nitrogen and oxygen atoms in total. The largest absolute Gasteiger partial charge is 0.497 e. The summed E-state index contributed by atoms with van der Waals surface area (Å²) < 4.78 is 16.1. The van der Waals surface area contributed by atoms with E-state index in [1.54, 1.807) is 7.11 Å². The molecule has 2 fully saturated rings. The molecule has 3 aromatic rings. The molecule has 174 valence electrons. The maximum Gasteiger partial charge on any atom is 0.199 e. The Morgan fingerprint density at radius 2 is 1.82 bits per heavy atom. The van der Waals surface area contributed by atoms with E-state index in [1.807, 2.05) is 41.3 Å². The Kier molecular flexibility index (Phi) is 6.70. The van der Waals surface area contributed by atoms with Crippen LogP contribution in [0.15, 0.2) is 48.8 Å². The molecule has 0 spiro atoms. The van der Waals surface area contributed by atoms with Gasteiger partial charge in [-0.05, 0) is 61.5 Å². The van der Waals surface area contributed by atoms with Crippen LogP contribution in [0.3, 0.4) is 0 Å². The van der Waals surface area contributed by atoms with Crippen LogP contribution in [-0.4, -0.2) is 70.2 Å². The third kappa shape index (κ3) is 4.95. The molecule has 9 heteroatoms. The van der Waals surface area contributed by atoms with Crippen LogP contribution in [0.2, 0.25) is 0 Å². The van der Waals surface area contributed by atoms with Crippen LogP contribution in [0.25, 0.3) is 11.4 Å². The SMILES string of the molecule is COc1ccc(-c2nn(CN3CCN(c4ccncc4)CC3)c(=S)n2C[C@@H]2CCCO2)cc1. The predicted molar refractivity (Wildman–Crippen MR) is 130 cm³/mol. The first-order chi connectivity index (χ1) is 16.2. The monoisotopic (exact) mass is 466 g/mol. The molecule has 0 unspecified atom stereocenters. The van der Waals surface area contributed by atoms with Gasteiger partial charge in [-0.25, -0.2) is 4.68 Å². The number of rotatable bonds is 7. The Morgan fingerprint density at radius 1 is 1.06 bits per heavy atom. The van der Waals surface area contributed by atoms with Crippen molar-refractivity contribution < 1.29 is 9.47 Å². The summed E-state index contributed by atoms with van der Waals surface area (Å²) in [6, 6.07) is 12.1. The maximum absolute atomic E-state index is 5.91. The summed E-state index contributed by atoms with van der Waals surface area (Å²) in [5.74, 6) is 1.71. The number of aromatic nitrogens is 4. The summed E-state index contributed by atoms with van der Waals surface area (Å²) in [5, 5.41) is 4.96. The lowest BCUT2D eigenvalue weighted by Crippen LogP contribution is -2.47. The number of hydrogen-bond donors (Lipinski definition) is 0. The van der Waals surface area contributed by atoms with E-state index < -0.39 is 0 Å². The first-order valence-electron chi connectivity index (χ1n) is 11.5. The van der Waals surface area contributed by atoms with Gasteiger partial charge in [-0.3, -0.25) is 14.5 Å². The number of benzene rings is 1. The van der Waals surface area contributed by atoms with Gasteiger partial charge in [0.25, 0.3) is 0 Å². The molecular formula is C24H30N6O2S. The van der Waals surface area contributed by atoms with Gasteiger partial charge < -0.3 is 14.4 Å². The minimum atomic E-state index is 0.190. The molecule has 5 rings (SSSR count). The van der Waals surface area contributed by atoms with Crippen molar-refractivity contribution in [2.45, 2.75) is 32.2 Å². The number of methoxy groups -OCH3 is 1. The van der Waals surface area contributed by atoms with Gasteiger partial charge in [-0.15, -0.1) is 0 Å². The lowest BCUT2D eigenvalue weighted by Gasteiger charge is -2.35. The third-order valence-corrected chi connectivity index (χ3v) is 6.85. The number of nitrogens with zero attached hydrogens (tertiary/aromatic N) is 6. The van der Waals surface area contributed by atoms with Crippen LogP contribution >= 0.6 is 12.2 Å². The Balaban J connectivity index is 1.35. The fourth-order valence-electron chi connectivity index (χ4n) is 4.54.